The third-order valence-corrected chi connectivity index (χ3v) is 22.4. The molecule has 50 atom stereocenters. The summed E-state index contributed by atoms with van der Waals surface area (Å²) in [6, 6.07) is -7.63. The van der Waals surface area contributed by atoms with Crippen molar-refractivity contribution < 1.29 is 252 Å². The van der Waals surface area contributed by atoms with Crippen molar-refractivity contribution in [3.63, 3.8) is 0 Å². The summed E-state index contributed by atoms with van der Waals surface area (Å²) in [5.41, 5.74) is 0. The van der Waals surface area contributed by atoms with Crippen molar-refractivity contribution in [3.05, 3.63) is 0 Å². The van der Waals surface area contributed by atoms with Gasteiger partial charge in [0.05, 0.1) is 59.0 Å². The van der Waals surface area contributed by atoms with Gasteiger partial charge in [-0.25, -0.2) is 4.79 Å². The van der Waals surface area contributed by atoms with Crippen LogP contribution in [0, 0.1) is 0 Å². The first-order chi connectivity index (χ1) is 58.0. The van der Waals surface area contributed by atoms with Crippen LogP contribution in [0.5, 0.6) is 0 Å². The lowest BCUT2D eigenvalue weighted by Gasteiger charge is -2.51. The molecule has 0 aromatic heterocycles. The minimum atomic E-state index is -2.60. The Balaban J connectivity index is 0.960. The van der Waals surface area contributed by atoms with Gasteiger partial charge in [0.1, 0.15) is 232 Å². The third-order valence-electron chi connectivity index (χ3n) is 22.4. The third kappa shape index (κ3) is 22.3. The number of ether oxygens (including phenoxy) is 19. The summed E-state index contributed by atoms with van der Waals surface area (Å²) in [7, 11) is 0. The highest BCUT2D eigenvalue weighted by Crippen LogP contribution is 2.41. The van der Waals surface area contributed by atoms with Gasteiger partial charge in [0.2, 0.25) is 23.6 Å². The first kappa shape index (κ1) is 101. The second-order valence-electron chi connectivity index (χ2n) is 31.0. The molecule has 10 rings (SSSR count). The van der Waals surface area contributed by atoms with E-state index < -0.39 is 389 Å². The van der Waals surface area contributed by atoms with Gasteiger partial charge in [-0.3, -0.25) is 19.2 Å². The average molecular weight is 1800 g/mol. The Morgan fingerprint density at radius 1 is 0.252 bits per heavy atom. The number of rotatable bonds is 31. The average Bonchev–Trinajstić information content (AvgIpc) is 0.769. The lowest BCUT2D eigenvalue weighted by Crippen LogP contribution is -2.71. The number of carbonyl (C=O) groups is 5. The molecule has 0 unspecified atom stereocenters. The molecule has 10 heterocycles. The number of aliphatic hydroxyl groups is 26. The molecule has 55 heteroatoms. The zero-order valence-electron chi connectivity index (χ0n) is 65.9. The Hall–Kier alpha value is -4.45. The zero-order chi connectivity index (χ0) is 90.7. The van der Waals surface area contributed by atoms with E-state index >= 15 is 0 Å². The van der Waals surface area contributed by atoms with Crippen molar-refractivity contribution in [1.82, 2.24) is 21.3 Å². The highest BCUT2D eigenvalue weighted by Gasteiger charge is 2.62. The van der Waals surface area contributed by atoms with E-state index in [1.165, 1.54) is 6.92 Å². The molecule has 10 saturated heterocycles. The molecule has 0 radical (unpaired) electrons. The highest BCUT2D eigenvalue weighted by atomic mass is 16.8. The molecule has 10 fully saturated rings. The van der Waals surface area contributed by atoms with Crippen molar-refractivity contribution >= 4 is 29.6 Å². The van der Waals surface area contributed by atoms with E-state index in [9.17, 15) is 162 Å². The molecule has 10 aliphatic rings. The quantitative estimate of drug-likeness (QED) is 0.0306. The van der Waals surface area contributed by atoms with Gasteiger partial charge in [0.15, 0.2) is 69.0 Å². The minimum absolute atomic E-state index is 0.845. The Kier molecular flexibility index (Phi) is 35.6. The SMILES string of the molecule is CC(=O)N[C@@H]1[C@H](O[C@@H]2[C@@H](O[C@@H]3[C@H](O)[C@H](O[C@H]4[C@H](O)[C@@H](NC(C)=O)[C@H](O[C@H]5[C@H](O)[C@@H](NC(C)=O)[C@H](O)O[C@@H]5CO[C@@H]5O[C@@H](C)[C@@H](O)[C@@H](O)[C@@H]5O)O[C@@H]4CO)O[C@H](CO[C@H]4O[C@H](CO)[C@@H](O)[C@H](O)[C@@H]4O[C@@H]4O[C@H](CO)[C@@H](O[C@@H]5O[C@H](CO)[C@H](O)[C@H](O[C@@H]6O[C@H](C(=O)O)[C@@H](O)[C@H](O)[C@H]6O)[C@H]5O)[C@H](O)[C@H]4NC(C)=O)[C@H]3O)O[C@H](CO)[C@@H](O)[C@@H]2O)O[C@H](CO)[C@@H](O)[C@@H]1O. The van der Waals surface area contributed by atoms with Crippen molar-refractivity contribution in [3.8, 4) is 0 Å². The van der Waals surface area contributed by atoms with E-state index in [0.717, 1.165) is 27.7 Å². The number of hydrogen-bond donors (Lipinski definition) is 31. The molecule has 0 spiro atoms. The Morgan fingerprint density at radius 3 is 1.02 bits per heavy atom. The maximum absolute atomic E-state index is 13.2. The molecule has 0 aromatic carbocycles. The van der Waals surface area contributed by atoms with E-state index in [1.54, 1.807) is 0 Å². The van der Waals surface area contributed by atoms with Gasteiger partial charge in [-0.1, -0.05) is 0 Å². The maximum Gasteiger partial charge on any atom is 0.335 e. The van der Waals surface area contributed by atoms with Crippen LogP contribution in [-0.4, -0.2) is 527 Å². The van der Waals surface area contributed by atoms with Gasteiger partial charge >= 0.3 is 5.97 Å². The number of aliphatic carboxylic acids is 1. The van der Waals surface area contributed by atoms with Gasteiger partial charge in [0, 0.05) is 27.7 Å². The molecule has 31 N–H and O–H groups in total. The van der Waals surface area contributed by atoms with Gasteiger partial charge in [-0.05, 0) is 6.92 Å². The van der Waals surface area contributed by atoms with E-state index in [4.69, 9.17) is 90.0 Å². The lowest BCUT2D eigenvalue weighted by atomic mass is 9.93. The van der Waals surface area contributed by atoms with E-state index in [0.29, 0.717) is 0 Å². The summed E-state index contributed by atoms with van der Waals surface area (Å²) < 4.78 is 112. The predicted molar refractivity (Wildman–Crippen MR) is 375 cm³/mol. The summed E-state index contributed by atoms with van der Waals surface area (Å²) in [4.78, 5) is 63.2. The zero-order valence-corrected chi connectivity index (χ0v) is 65.9. The number of carbonyl (C=O) groups excluding carboxylic acids is 4. The monoisotopic (exact) mass is 1800 g/mol. The molecule has 0 saturated carbocycles. The van der Waals surface area contributed by atoms with Crippen LogP contribution in [0.1, 0.15) is 34.6 Å². The fourth-order valence-corrected chi connectivity index (χ4v) is 15.8. The van der Waals surface area contributed by atoms with Crippen LogP contribution in [0.25, 0.3) is 0 Å². The highest BCUT2D eigenvalue weighted by molar-refractivity contribution is 5.75. The summed E-state index contributed by atoms with van der Waals surface area (Å²) in [5.74, 6) is -5.61. The molecule has 123 heavy (non-hydrogen) atoms. The first-order valence-electron chi connectivity index (χ1n) is 39.0. The van der Waals surface area contributed by atoms with Crippen LogP contribution in [0.4, 0.5) is 0 Å². The topological polar surface area (TPSA) is 855 Å². The minimum Gasteiger partial charge on any atom is -0.479 e. The number of hydrogen-bond acceptors (Lipinski definition) is 50. The predicted octanol–water partition coefficient (Wildman–Crippen LogP) is -21.1. The number of nitrogens with one attached hydrogen (secondary N) is 4. The molecule has 0 bridgehead atoms. The standard InChI is InChI=1S/C68H112N4O51/c1-14-31(83)41(93)46(98)63(107-14)105-13-26-52(38(90)27(59(104)108-26)69-15(2)79)116-61-29(71-17(4)81)39(91)51(23(10-77)113-61)118-66-49(101)54(120-68-57(44(96)34(86)21(8-75)112-68)123-60-28(70-16(3)80)37(89)32(84)19(6-73)109-60)36(88)25(115-66)12-106-67-56(43(95)33(85)20(7-74)111-67)122-62-30(72-18(5)82)40(92)50(24(11-78)114-62)117-65-48(100)53(35(87)22(9-76)110-65)119-64-47(99)42(94)45(97)55(121-64)58(102)103/h14,19-57,59-68,73-78,83-101,104H,6-13H2,1-5H3,(H,69,79)(H,70,80)(H,71,81)(H,72,82)(H,102,103)/t14-,19+,20+,21+,22+,23+,24+,25+,26+,27+,28-,29+,30+,31+,32+,33+,34+,35-,36+,37+,38+,39+,40+,41+,42-,43-,44-,45-,46-,47+,48+,49-,50+,51+,52+,53-,54-,55-,56-,57-,59+,60-,61-,62-,63+,64+,65-,66-,67-,68+/m0/s1. The summed E-state index contributed by atoms with van der Waals surface area (Å²) in [6.07, 6.45) is -97.8. The lowest BCUT2D eigenvalue weighted by molar-refractivity contribution is -0.397. The molecule has 0 aliphatic carbocycles. The molecule has 0 aromatic rings. The fourth-order valence-electron chi connectivity index (χ4n) is 15.8. The normalized spacial score (nSPS) is 49.4. The van der Waals surface area contributed by atoms with Crippen LogP contribution in [-0.2, 0) is 114 Å². The van der Waals surface area contributed by atoms with Gasteiger partial charge in [-0.15, -0.1) is 0 Å². The van der Waals surface area contributed by atoms with Crippen molar-refractivity contribution in [2.45, 2.75) is 341 Å². The molecule has 710 valence electrons. The van der Waals surface area contributed by atoms with Gasteiger partial charge in [0.25, 0.3) is 0 Å². The van der Waals surface area contributed by atoms with Crippen LogP contribution < -0.4 is 21.3 Å². The van der Waals surface area contributed by atoms with Crippen molar-refractivity contribution in [2.75, 3.05) is 52.9 Å². The number of carboxylic acid groups (broad SMARTS) is 1. The molecular weight excluding hydrogens is 1690 g/mol. The molecular formula is C68H112N4O51. The van der Waals surface area contributed by atoms with Crippen LogP contribution in [0.3, 0.4) is 0 Å². The number of amides is 4. The summed E-state index contributed by atoms with van der Waals surface area (Å²) >= 11 is 0. The fraction of sp³-hybridized carbons (Fsp3) is 0.926. The van der Waals surface area contributed by atoms with Gasteiger partial charge in [-0.2, -0.15) is 0 Å². The van der Waals surface area contributed by atoms with E-state index in [1.807, 2.05) is 0 Å². The number of carboxylic acids is 1. The van der Waals surface area contributed by atoms with E-state index in [2.05, 4.69) is 21.3 Å². The second-order valence-corrected chi connectivity index (χ2v) is 31.0. The largest absolute Gasteiger partial charge is 0.479 e. The van der Waals surface area contributed by atoms with Crippen LogP contribution in [0.15, 0.2) is 0 Å². The Bertz CT molecular complexity index is 3380. The van der Waals surface area contributed by atoms with Crippen molar-refractivity contribution in [2.24, 2.45) is 0 Å². The second kappa shape index (κ2) is 43.5. The Morgan fingerprint density at radius 2 is 0.561 bits per heavy atom. The summed E-state index contributed by atoms with van der Waals surface area (Å²) in [5, 5.41) is 310. The molecule has 4 amide bonds. The molecule has 10 aliphatic heterocycles. The van der Waals surface area contributed by atoms with Crippen LogP contribution >= 0.6 is 0 Å². The summed E-state index contributed by atoms with van der Waals surface area (Å²) in [6.45, 7) is -4.04. The smallest absolute Gasteiger partial charge is 0.335 e. The van der Waals surface area contributed by atoms with Crippen molar-refractivity contribution in [1.29, 1.82) is 0 Å². The number of aliphatic hydroxyl groups excluding tert-OH is 26. The molecule has 55 nitrogen and oxygen atoms in total. The van der Waals surface area contributed by atoms with E-state index in [-0.39, 0.29) is 0 Å². The van der Waals surface area contributed by atoms with Gasteiger partial charge < -0.3 is 249 Å². The Labute approximate surface area is 695 Å². The first-order valence-corrected chi connectivity index (χ1v) is 39.0. The van der Waals surface area contributed by atoms with Crippen LogP contribution in [0.2, 0.25) is 0 Å². The maximum atomic E-state index is 13.2.